The van der Waals surface area contributed by atoms with Crippen LogP contribution in [0.5, 0.6) is 0 Å². The van der Waals surface area contributed by atoms with E-state index in [-0.39, 0.29) is 18.9 Å². The van der Waals surface area contributed by atoms with E-state index in [1.165, 1.54) is 0 Å². The van der Waals surface area contributed by atoms with Gasteiger partial charge in [0.1, 0.15) is 6.61 Å². The average molecular weight is 310 g/mol. The predicted molar refractivity (Wildman–Crippen MR) is 69.6 cm³/mol. The maximum absolute atomic E-state index is 11.9. The lowest BCUT2D eigenvalue weighted by molar-refractivity contribution is -0.173. The van der Waals surface area contributed by atoms with Gasteiger partial charge in [-0.3, -0.25) is 0 Å². The molecule has 1 heterocycles. The molecule has 21 heavy (non-hydrogen) atoms. The molecule has 9 heteroatoms. The first-order valence-electron chi connectivity index (χ1n) is 6.80. The van der Waals surface area contributed by atoms with Crippen molar-refractivity contribution in [2.24, 2.45) is 5.73 Å². The maximum Gasteiger partial charge on any atom is 0.411 e. The first-order valence-corrected chi connectivity index (χ1v) is 6.80. The molecule has 2 N–H and O–H groups in total. The van der Waals surface area contributed by atoms with Crippen LogP contribution in [0.2, 0.25) is 0 Å². The van der Waals surface area contributed by atoms with Crippen LogP contribution in [0.15, 0.2) is 4.52 Å². The summed E-state index contributed by atoms with van der Waals surface area (Å²) in [7, 11) is 0. The molecule has 0 aliphatic heterocycles. The zero-order chi connectivity index (χ0) is 15.9. The number of aromatic nitrogens is 2. The second-order valence-electron chi connectivity index (χ2n) is 4.56. The topological polar surface area (TPSA) is 77.4 Å². The van der Waals surface area contributed by atoms with E-state index in [2.05, 4.69) is 19.8 Å². The minimum atomic E-state index is -4.33. The van der Waals surface area contributed by atoms with Crippen molar-refractivity contribution in [1.29, 1.82) is 0 Å². The molecule has 0 radical (unpaired) electrons. The fraction of sp³-hybridized carbons (Fsp3) is 0.833. The third-order valence-corrected chi connectivity index (χ3v) is 2.89. The van der Waals surface area contributed by atoms with Crippen LogP contribution in [-0.4, -0.2) is 54.1 Å². The summed E-state index contributed by atoms with van der Waals surface area (Å²) in [5.41, 5.74) is 5.97. The quantitative estimate of drug-likeness (QED) is 0.697. The van der Waals surface area contributed by atoms with Crippen molar-refractivity contribution in [2.45, 2.75) is 32.5 Å². The van der Waals surface area contributed by atoms with Gasteiger partial charge in [0, 0.05) is 6.54 Å². The van der Waals surface area contributed by atoms with E-state index in [0.717, 1.165) is 13.1 Å². The molecule has 1 rings (SSSR count). The van der Waals surface area contributed by atoms with Crippen molar-refractivity contribution in [3.05, 3.63) is 11.7 Å². The van der Waals surface area contributed by atoms with Crippen molar-refractivity contribution >= 4 is 0 Å². The lowest BCUT2D eigenvalue weighted by Crippen LogP contribution is -2.32. The molecule has 1 aromatic heterocycles. The first-order chi connectivity index (χ1) is 9.85. The maximum atomic E-state index is 11.9. The molecule has 122 valence electrons. The Kier molecular flexibility index (Phi) is 7.06. The van der Waals surface area contributed by atoms with Gasteiger partial charge < -0.3 is 19.9 Å². The van der Waals surface area contributed by atoms with E-state index in [1.54, 1.807) is 0 Å². The lowest BCUT2D eigenvalue weighted by atomic mass is 10.2. The smallest absolute Gasteiger partial charge is 0.372 e. The minimum Gasteiger partial charge on any atom is -0.372 e. The van der Waals surface area contributed by atoms with Crippen LogP contribution < -0.4 is 5.73 Å². The monoisotopic (exact) mass is 310 g/mol. The van der Waals surface area contributed by atoms with Crippen LogP contribution in [-0.2, 0) is 11.2 Å². The number of nitrogens with two attached hydrogens (primary N) is 1. The van der Waals surface area contributed by atoms with Gasteiger partial charge in [0.15, 0.2) is 5.82 Å². The molecule has 0 bridgehead atoms. The second-order valence-corrected chi connectivity index (χ2v) is 4.56. The molecule has 0 saturated carbocycles. The van der Waals surface area contributed by atoms with Gasteiger partial charge in [-0.1, -0.05) is 19.0 Å². The summed E-state index contributed by atoms with van der Waals surface area (Å²) >= 11 is 0. The van der Waals surface area contributed by atoms with Crippen molar-refractivity contribution in [3.63, 3.8) is 0 Å². The number of halogens is 3. The zero-order valence-corrected chi connectivity index (χ0v) is 12.2. The highest BCUT2D eigenvalue weighted by Gasteiger charge is 2.27. The van der Waals surface area contributed by atoms with Crippen LogP contribution in [0.4, 0.5) is 13.2 Å². The number of ether oxygens (including phenoxy) is 1. The van der Waals surface area contributed by atoms with Gasteiger partial charge in [-0.2, -0.15) is 18.2 Å². The summed E-state index contributed by atoms with van der Waals surface area (Å²) < 4.78 is 45.1. The molecule has 0 saturated heterocycles. The summed E-state index contributed by atoms with van der Waals surface area (Å²) in [6.45, 7) is 4.95. The molecule has 1 aromatic rings. The summed E-state index contributed by atoms with van der Waals surface area (Å²) in [5, 5.41) is 3.75. The van der Waals surface area contributed by atoms with Crippen LogP contribution in [0.25, 0.3) is 0 Å². The van der Waals surface area contributed by atoms with Gasteiger partial charge in [-0.15, -0.1) is 0 Å². The van der Waals surface area contributed by atoms with E-state index in [0.29, 0.717) is 12.4 Å². The van der Waals surface area contributed by atoms with E-state index in [1.807, 2.05) is 13.8 Å². The Labute approximate surface area is 121 Å². The Balaban J connectivity index is 2.38. The number of hydrogen-bond donors (Lipinski definition) is 1. The molecule has 1 unspecified atom stereocenters. The fourth-order valence-corrected chi connectivity index (χ4v) is 1.71. The molecule has 0 aliphatic rings. The first kappa shape index (κ1) is 17.9. The Morgan fingerprint density at radius 1 is 1.33 bits per heavy atom. The summed E-state index contributed by atoms with van der Waals surface area (Å²) in [6, 6.07) is -0.390. The van der Waals surface area contributed by atoms with Gasteiger partial charge >= 0.3 is 6.18 Å². The number of rotatable bonds is 9. The second kappa shape index (κ2) is 8.30. The van der Waals surface area contributed by atoms with Crippen LogP contribution in [0.1, 0.15) is 31.6 Å². The van der Waals surface area contributed by atoms with Gasteiger partial charge in [0.05, 0.1) is 19.1 Å². The van der Waals surface area contributed by atoms with Crippen LogP contribution in [0.3, 0.4) is 0 Å². The molecule has 1 atom stereocenters. The Morgan fingerprint density at radius 3 is 2.57 bits per heavy atom. The standard InChI is InChI=1S/C12H21F3N4O2/c1-3-19(4-2)7-9(16)11-17-10(21-18-11)5-6-20-8-12(13,14)15/h9H,3-8,16H2,1-2H3. The third-order valence-electron chi connectivity index (χ3n) is 2.89. The number of likely N-dealkylation sites (N-methyl/N-ethyl adjacent to an activating group) is 1. The molecular formula is C12H21F3N4O2. The third kappa shape index (κ3) is 6.87. The highest BCUT2D eigenvalue weighted by Crippen LogP contribution is 2.14. The normalized spacial score (nSPS) is 13.9. The Bertz CT molecular complexity index is 407. The van der Waals surface area contributed by atoms with Gasteiger partial charge in [-0.25, -0.2) is 0 Å². The highest BCUT2D eigenvalue weighted by molar-refractivity contribution is 4.94. The summed E-state index contributed by atoms with van der Waals surface area (Å²) in [6.07, 6.45) is -4.20. The summed E-state index contributed by atoms with van der Waals surface area (Å²) in [4.78, 5) is 6.19. The lowest BCUT2D eigenvalue weighted by Gasteiger charge is -2.20. The van der Waals surface area contributed by atoms with Gasteiger partial charge in [0.2, 0.25) is 5.89 Å². The van der Waals surface area contributed by atoms with Gasteiger partial charge in [0.25, 0.3) is 0 Å². The molecule has 0 aromatic carbocycles. The molecule has 6 nitrogen and oxygen atoms in total. The Hall–Kier alpha value is -1.19. The van der Waals surface area contributed by atoms with E-state index < -0.39 is 18.8 Å². The van der Waals surface area contributed by atoms with Crippen molar-refractivity contribution in [2.75, 3.05) is 32.8 Å². The zero-order valence-electron chi connectivity index (χ0n) is 12.2. The Morgan fingerprint density at radius 2 is 2.00 bits per heavy atom. The molecule has 0 aliphatic carbocycles. The van der Waals surface area contributed by atoms with Crippen LogP contribution in [0, 0.1) is 0 Å². The minimum absolute atomic E-state index is 0.126. The van der Waals surface area contributed by atoms with Crippen LogP contribution >= 0.6 is 0 Å². The molecule has 0 spiro atoms. The number of alkyl halides is 3. The SMILES string of the molecule is CCN(CC)CC(N)c1noc(CCOCC(F)(F)F)n1. The average Bonchev–Trinajstić information content (AvgIpc) is 2.88. The summed E-state index contributed by atoms with van der Waals surface area (Å²) in [5.74, 6) is 0.579. The molecular weight excluding hydrogens is 289 g/mol. The van der Waals surface area contributed by atoms with Crippen molar-refractivity contribution in [3.8, 4) is 0 Å². The fourth-order valence-electron chi connectivity index (χ4n) is 1.71. The highest BCUT2D eigenvalue weighted by atomic mass is 19.4. The predicted octanol–water partition coefficient (Wildman–Crippen LogP) is 1.53. The van der Waals surface area contributed by atoms with Crippen molar-refractivity contribution in [1.82, 2.24) is 15.0 Å². The van der Waals surface area contributed by atoms with Gasteiger partial charge in [-0.05, 0) is 13.1 Å². The number of nitrogens with zero attached hydrogens (tertiary/aromatic N) is 3. The largest absolute Gasteiger partial charge is 0.411 e. The van der Waals surface area contributed by atoms with E-state index >= 15 is 0 Å². The van der Waals surface area contributed by atoms with E-state index in [4.69, 9.17) is 10.3 Å². The van der Waals surface area contributed by atoms with E-state index in [9.17, 15) is 13.2 Å². The molecule has 0 amide bonds. The van der Waals surface area contributed by atoms with Crippen molar-refractivity contribution < 1.29 is 22.4 Å². The number of hydrogen-bond acceptors (Lipinski definition) is 6. The molecule has 0 fully saturated rings.